The Morgan fingerprint density at radius 3 is 2.53 bits per heavy atom. The van der Waals surface area contributed by atoms with Crippen LogP contribution < -0.4 is 15.2 Å². The molecular weight excluding hydrogens is 238 g/mol. The minimum atomic E-state index is 0.0353. The Morgan fingerprint density at radius 1 is 1.16 bits per heavy atom. The molecule has 1 fully saturated rings. The second-order valence-electron chi connectivity index (χ2n) is 5.43. The molecule has 3 heteroatoms. The first-order valence-electron chi connectivity index (χ1n) is 7.22. The monoisotopic (exact) mass is 263 g/mol. The van der Waals surface area contributed by atoms with Crippen LogP contribution in [0.25, 0.3) is 0 Å². The molecule has 19 heavy (non-hydrogen) atoms. The molecule has 1 aliphatic rings. The van der Waals surface area contributed by atoms with Gasteiger partial charge in [0.25, 0.3) is 0 Å². The number of ether oxygens (including phenoxy) is 2. The van der Waals surface area contributed by atoms with E-state index < -0.39 is 0 Å². The Kier molecular flexibility index (Phi) is 5.08. The fraction of sp³-hybridized carbons (Fsp3) is 0.625. The molecule has 0 heterocycles. The van der Waals surface area contributed by atoms with Crippen molar-refractivity contribution < 1.29 is 9.47 Å². The van der Waals surface area contributed by atoms with Crippen LogP contribution in [0.1, 0.15) is 50.1 Å². The van der Waals surface area contributed by atoms with Crippen molar-refractivity contribution in [2.45, 2.75) is 44.6 Å². The normalized spacial score (nSPS) is 18.1. The van der Waals surface area contributed by atoms with Gasteiger partial charge in [0, 0.05) is 11.6 Å². The van der Waals surface area contributed by atoms with Gasteiger partial charge < -0.3 is 15.2 Å². The van der Waals surface area contributed by atoms with Crippen molar-refractivity contribution in [1.82, 2.24) is 0 Å². The minimum absolute atomic E-state index is 0.0353. The lowest BCUT2D eigenvalue weighted by atomic mass is 9.83. The van der Waals surface area contributed by atoms with Gasteiger partial charge in [0.15, 0.2) is 11.5 Å². The van der Waals surface area contributed by atoms with Crippen LogP contribution in [0.3, 0.4) is 0 Å². The fourth-order valence-electron chi connectivity index (χ4n) is 3.11. The zero-order valence-electron chi connectivity index (χ0n) is 12.0. The summed E-state index contributed by atoms with van der Waals surface area (Å²) in [5, 5.41) is 0. The zero-order chi connectivity index (χ0) is 13.7. The molecule has 0 aromatic heterocycles. The van der Waals surface area contributed by atoms with Gasteiger partial charge in [-0.3, -0.25) is 0 Å². The number of hydrogen-bond donors (Lipinski definition) is 1. The second kappa shape index (κ2) is 6.80. The highest BCUT2D eigenvalue weighted by Crippen LogP contribution is 2.37. The van der Waals surface area contributed by atoms with Crippen molar-refractivity contribution in [3.05, 3.63) is 23.8 Å². The lowest BCUT2D eigenvalue weighted by Crippen LogP contribution is -2.18. The van der Waals surface area contributed by atoms with Crippen molar-refractivity contribution in [2.24, 2.45) is 11.7 Å². The van der Waals surface area contributed by atoms with Crippen molar-refractivity contribution >= 4 is 0 Å². The summed E-state index contributed by atoms with van der Waals surface area (Å²) < 4.78 is 10.8. The number of hydrogen-bond acceptors (Lipinski definition) is 3. The van der Waals surface area contributed by atoms with Crippen LogP contribution in [0.4, 0.5) is 0 Å². The Hall–Kier alpha value is -1.22. The summed E-state index contributed by atoms with van der Waals surface area (Å²) in [7, 11) is 3.34. The second-order valence-corrected chi connectivity index (χ2v) is 5.43. The SMILES string of the molecule is COc1cccc(C(N)CC2CCCCC2)c1OC. The molecule has 1 aromatic carbocycles. The molecule has 0 amide bonds. The Bertz CT molecular complexity index is 400. The van der Waals surface area contributed by atoms with Crippen molar-refractivity contribution in [3.8, 4) is 11.5 Å². The van der Waals surface area contributed by atoms with E-state index in [0.29, 0.717) is 0 Å². The van der Waals surface area contributed by atoms with Crippen LogP contribution in [0.15, 0.2) is 18.2 Å². The molecule has 1 unspecified atom stereocenters. The smallest absolute Gasteiger partial charge is 0.165 e. The maximum absolute atomic E-state index is 6.39. The molecule has 0 spiro atoms. The van der Waals surface area contributed by atoms with Crippen LogP contribution in [0, 0.1) is 5.92 Å². The van der Waals surface area contributed by atoms with E-state index in [1.807, 2.05) is 12.1 Å². The average molecular weight is 263 g/mol. The third kappa shape index (κ3) is 3.41. The summed E-state index contributed by atoms with van der Waals surface area (Å²) >= 11 is 0. The molecule has 1 aromatic rings. The standard InChI is InChI=1S/C16H25NO2/c1-18-15-10-6-9-13(16(15)19-2)14(17)11-12-7-4-3-5-8-12/h6,9-10,12,14H,3-5,7-8,11,17H2,1-2H3. The summed E-state index contributed by atoms with van der Waals surface area (Å²) in [5.41, 5.74) is 7.45. The van der Waals surface area contributed by atoms with E-state index in [1.54, 1.807) is 14.2 Å². The van der Waals surface area contributed by atoms with Crippen molar-refractivity contribution in [1.29, 1.82) is 0 Å². The molecule has 0 bridgehead atoms. The van der Waals surface area contributed by atoms with Gasteiger partial charge in [0.2, 0.25) is 0 Å². The van der Waals surface area contributed by atoms with Gasteiger partial charge in [-0.25, -0.2) is 0 Å². The summed E-state index contributed by atoms with van der Waals surface area (Å²) in [6, 6.07) is 5.98. The molecule has 1 atom stereocenters. The number of benzene rings is 1. The highest BCUT2D eigenvalue weighted by atomic mass is 16.5. The number of para-hydroxylation sites is 1. The molecule has 0 aliphatic heterocycles. The largest absolute Gasteiger partial charge is 0.493 e. The first-order chi connectivity index (χ1) is 9.26. The molecule has 106 valence electrons. The summed E-state index contributed by atoms with van der Waals surface area (Å²) in [6.07, 6.45) is 7.77. The van der Waals surface area contributed by atoms with Crippen molar-refractivity contribution in [2.75, 3.05) is 14.2 Å². The number of methoxy groups -OCH3 is 2. The summed E-state index contributed by atoms with van der Waals surface area (Å²) in [4.78, 5) is 0. The summed E-state index contributed by atoms with van der Waals surface area (Å²) in [5.74, 6) is 2.31. The topological polar surface area (TPSA) is 44.5 Å². The van der Waals surface area contributed by atoms with E-state index in [9.17, 15) is 0 Å². The van der Waals surface area contributed by atoms with Crippen LogP contribution in [-0.4, -0.2) is 14.2 Å². The predicted octanol–water partition coefficient (Wildman–Crippen LogP) is 3.67. The van der Waals surface area contributed by atoms with Crippen LogP contribution in [-0.2, 0) is 0 Å². The van der Waals surface area contributed by atoms with Gasteiger partial charge >= 0.3 is 0 Å². The lowest BCUT2D eigenvalue weighted by Gasteiger charge is -2.25. The van der Waals surface area contributed by atoms with Gasteiger partial charge in [-0.05, 0) is 18.4 Å². The maximum Gasteiger partial charge on any atom is 0.165 e. The third-order valence-corrected chi connectivity index (χ3v) is 4.14. The van der Waals surface area contributed by atoms with Gasteiger partial charge in [-0.15, -0.1) is 0 Å². The quantitative estimate of drug-likeness (QED) is 0.881. The Morgan fingerprint density at radius 2 is 1.89 bits per heavy atom. The molecule has 0 saturated heterocycles. The molecule has 1 aliphatic carbocycles. The van der Waals surface area contributed by atoms with Crippen LogP contribution >= 0.6 is 0 Å². The highest BCUT2D eigenvalue weighted by Gasteiger charge is 2.21. The molecule has 3 nitrogen and oxygen atoms in total. The van der Waals surface area contributed by atoms with E-state index in [1.165, 1.54) is 32.1 Å². The average Bonchev–Trinajstić information content (AvgIpc) is 2.47. The highest BCUT2D eigenvalue weighted by molar-refractivity contribution is 5.48. The van der Waals surface area contributed by atoms with Gasteiger partial charge in [0.05, 0.1) is 14.2 Å². The fourth-order valence-corrected chi connectivity index (χ4v) is 3.11. The molecule has 2 N–H and O–H groups in total. The maximum atomic E-state index is 6.39. The van der Waals surface area contributed by atoms with Crippen LogP contribution in [0.2, 0.25) is 0 Å². The van der Waals surface area contributed by atoms with E-state index in [0.717, 1.165) is 29.4 Å². The van der Waals surface area contributed by atoms with E-state index >= 15 is 0 Å². The molecular formula is C16H25NO2. The zero-order valence-corrected chi connectivity index (χ0v) is 12.0. The minimum Gasteiger partial charge on any atom is -0.493 e. The van der Waals surface area contributed by atoms with E-state index in [4.69, 9.17) is 15.2 Å². The molecule has 1 saturated carbocycles. The number of nitrogens with two attached hydrogens (primary N) is 1. The van der Waals surface area contributed by atoms with Crippen LogP contribution in [0.5, 0.6) is 11.5 Å². The van der Waals surface area contributed by atoms with Crippen molar-refractivity contribution in [3.63, 3.8) is 0 Å². The molecule has 2 rings (SSSR count). The first-order valence-corrected chi connectivity index (χ1v) is 7.22. The van der Waals surface area contributed by atoms with Gasteiger partial charge in [-0.2, -0.15) is 0 Å². The Labute approximate surface area is 116 Å². The molecule has 0 radical (unpaired) electrons. The lowest BCUT2D eigenvalue weighted by molar-refractivity contribution is 0.311. The summed E-state index contributed by atoms with van der Waals surface area (Å²) in [6.45, 7) is 0. The third-order valence-electron chi connectivity index (χ3n) is 4.14. The van der Waals surface area contributed by atoms with Gasteiger partial charge in [-0.1, -0.05) is 44.2 Å². The Balaban J connectivity index is 2.11. The number of rotatable bonds is 5. The van der Waals surface area contributed by atoms with E-state index in [-0.39, 0.29) is 6.04 Å². The first kappa shape index (κ1) is 14.2. The van der Waals surface area contributed by atoms with Gasteiger partial charge in [0.1, 0.15) is 0 Å². The predicted molar refractivity (Wildman–Crippen MR) is 77.7 cm³/mol. The van der Waals surface area contributed by atoms with E-state index in [2.05, 4.69) is 6.07 Å².